The Balaban J connectivity index is 1.42. The molecule has 1 heterocycles. The van der Waals surface area contributed by atoms with Gasteiger partial charge in [0.1, 0.15) is 10.6 Å². The number of rotatable bonds is 9. The lowest BCUT2D eigenvalue weighted by molar-refractivity contribution is 0.0953. The number of carbonyl (C=O) groups excluding carboxylic acids is 1. The fraction of sp³-hybridized carbons (Fsp3) is 0.714. The first-order valence-electron chi connectivity index (χ1n) is 7.61. The van der Waals surface area contributed by atoms with E-state index < -0.39 is 0 Å². The van der Waals surface area contributed by atoms with Crippen molar-refractivity contribution >= 4 is 28.3 Å². The van der Waals surface area contributed by atoms with Crippen LogP contribution < -0.4 is 16.4 Å². The highest BCUT2D eigenvalue weighted by Crippen LogP contribution is 2.29. The summed E-state index contributed by atoms with van der Waals surface area (Å²) in [5, 5.41) is 6.96. The molecule has 7 heteroatoms. The van der Waals surface area contributed by atoms with Crippen LogP contribution >= 0.6 is 11.5 Å². The molecule has 1 amide bonds. The first kappa shape index (κ1) is 14.6. The van der Waals surface area contributed by atoms with Crippen LogP contribution in [0.25, 0.3) is 0 Å². The van der Waals surface area contributed by atoms with Gasteiger partial charge in [-0.1, -0.05) is 0 Å². The molecule has 2 fully saturated rings. The van der Waals surface area contributed by atoms with E-state index in [-0.39, 0.29) is 5.91 Å². The van der Waals surface area contributed by atoms with Gasteiger partial charge in [0, 0.05) is 25.8 Å². The van der Waals surface area contributed by atoms with E-state index in [4.69, 9.17) is 10.5 Å². The van der Waals surface area contributed by atoms with E-state index in [1.165, 1.54) is 24.4 Å². The summed E-state index contributed by atoms with van der Waals surface area (Å²) >= 11 is 1.24. The molecule has 0 saturated heterocycles. The van der Waals surface area contributed by atoms with Crippen molar-refractivity contribution in [3.8, 4) is 0 Å². The van der Waals surface area contributed by atoms with Crippen LogP contribution in [-0.2, 0) is 4.74 Å². The van der Waals surface area contributed by atoms with Gasteiger partial charge in [0.05, 0.1) is 0 Å². The van der Waals surface area contributed by atoms with E-state index in [0.717, 1.165) is 49.9 Å². The van der Waals surface area contributed by atoms with E-state index in [9.17, 15) is 4.79 Å². The molecular weight excluding hydrogens is 288 g/mol. The maximum atomic E-state index is 12.1. The molecule has 21 heavy (non-hydrogen) atoms. The van der Waals surface area contributed by atoms with Crippen molar-refractivity contribution < 1.29 is 9.53 Å². The van der Waals surface area contributed by atoms with Crippen molar-refractivity contribution in [2.75, 3.05) is 30.8 Å². The number of anilines is 2. The molecule has 0 aromatic carbocycles. The van der Waals surface area contributed by atoms with Crippen LogP contribution in [0.2, 0.25) is 0 Å². The highest BCUT2D eigenvalue weighted by molar-refractivity contribution is 7.11. The fourth-order valence-corrected chi connectivity index (χ4v) is 2.77. The zero-order chi connectivity index (χ0) is 14.7. The molecule has 2 aliphatic carbocycles. The average molecular weight is 310 g/mol. The normalized spacial score (nSPS) is 17.7. The van der Waals surface area contributed by atoms with Gasteiger partial charge in [-0.15, -0.1) is 0 Å². The summed E-state index contributed by atoms with van der Waals surface area (Å²) in [6.07, 6.45) is 5.67. The minimum absolute atomic E-state index is 0.115. The van der Waals surface area contributed by atoms with Crippen LogP contribution in [0, 0.1) is 5.92 Å². The number of nitrogens with two attached hydrogens (primary N) is 1. The lowest BCUT2D eigenvalue weighted by atomic mass is 10.3. The second-order valence-corrected chi connectivity index (χ2v) is 6.59. The minimum atomic E-state index is -0.115. The van der Waals surface area contributed by atoms with Crippen LogP contribution in [0.4, 0.5) is 10.8 Å². The van der Waals surface area contributed by atoms with Gasteiger partial charge >= 0.3 is 0 Å². The number of nitrogens with zero attached hydrogens (tertiary/aromatic N) is 1. The molecule has 2 aliphatic rings. The Bertz CT molecular complexity index is 497. The number of nitrogen functional groups attached to an aromatic ring is 1. The molecule has 3 rings (SSSR count). The highest BCUT2D eigenvalue weighted by Gasteiger charge is 2.27. The predicted molar refractivity (Wildman–Crippen MR) is 83.7 cm³/mol. The SMILES string of the molecule is Nc1nsc(NCCCOCC2CC2)c1C(=O)NC1CC1. The maximum absolute atomic E-state index is 12.1. The van der Waals surface area contributed by atoms with Crippen LogP contribution in [0.5, 0.6) is 0 Å². The van der Waals surface area contributed by atoms with Crippen LogP contribution in [0.3, 0.4) is 0 Å². The minimum Gasteiger partial charge on any atom is -0.382 e. The Hall–Kier alpha value is -1.34. The first-order valence-corrected chi connectivity index (χ1v) is 8.39. The maximum Gasteiger partial charge on any atom is 0.258 e. The van der Waals surface area contributed by atoms with Crippen LogP contribution in [0.1, 0.15) is 42.5 Å². The molecule has 116 valence electrons. The quantitative estimate of drug-likeness (QED) is 0.606. The number of ether oxygens (including phenoxy) is 1. The van der Waals surface area contributed by atoms with Crippen molar-refractivity contribution in [1.82, 2.24) is 9.69 Å². The van der Waals surface area contributed by atoms with Gasteiger partial charge in [0.25, 0.3) is 5.91 Å². The van der Waals surface area contributed by atoms with Gasteiger partial charge in [0.2, 0.25) is 0 Å². The molecule has 0 unspecified atom stereocenters. The first-order chi connectivity index (χ1) is 10.2. The molecule has 0 atom stereocenters. The Morgan fingerprint density at radius 3 is 2.90 bits per heavy atom. The standard InChI is InChI=1S/C14H22N4O2S/c15-12-11(13(19)17-10-4-5-10)14(21-18-12)16-6-1-7-20-8-9-2-3-9/h9-10,16H,1-8H2,(H2,15,18)(H,17,19). The number of nitrogens with one attached hydrogen (secondary N) is 2. The van der Waals surface area contributed by atoms with E-state index in [1.807, 2.05) is 0 Å². The average Bonchev–Trinajstić information content (AvgIpc) is 3.36. The molecule has 0 aliphatic heterocycles. The van der Waals surface area contributed by atoms with Crippen molar-refractivity contribution in [1.29, 1.82) is 0 Å². The van der Waals surface area contributed by atoms with E-state index >= 15 is 0 Å². The third kappa shape index (κ3) is 4.31. The second-order valence-electron chi connectivity index (χ2n) is 5.82. The number of amides is 1. The van der Waals surface area contributed by atoms with Gasteiger partial charge < -0.3 is 21.1 Å². The van der Waals surface area contributed by atoms with Crippen LogP contribution in [-0.4, -0.2) is 36.1 Å². The van der Waals surface area contributed by atoms with Gasteiger partial charge in [-0.2, -0.15) is 4.37 Å². The van der Waals surface area contributed by atoms with E-state index in [2.05, 4.69) is 15.0 Å². The Morgan fingerprint density at radius 1 is 1.38 bits per heavy atom. The summed E-state index contributed by atoms with van der Waals surface area (Å²) in [4.78, 5) is 12.1. The van der Waals surface area contributed by atoms with Crippen molar-refractivity contribution in [2.45, 2.75) is 38.1 Å². The lowest BCUT2D eigenvalue weighted by Gasteiger charge is -2.08. The predicted octanol–water partition coefficient (Wildman–Crippen LogP) is 1.85. The fourth-order valence-electron chi connectivity index (χ4n) is 2.04. The number of aromatic nitrogens is 1. The third-order valence-electron chi connectivity index (χ3n) is 3.66. The summed E-state index contributed by atoms with van der Waals surface area (Å²) in [6, 6.07) is 0.320. The highest BCUT2D eigenvalue weighted by atomic mass is 32.1. The van der Waals surface area contributed by atoms with Crippen LogP contribution in [0.15, 0.2) is 0 Å². The topological polar surface area (TPSA) is 89.3 Å². The Kier molecular flexibility index (Phi) is 4.60. The Morgan fingerprint density at radius 2 is 2.19 bits per heavy atom. The molecule has 1 aromatic heterocycles. The molecule has 2 saturated carbocycles. The molecule has 6 nitrogen and oxygen atoms in total. The molecule has 1 aromatic rings. The summed E-state index contributed by atoms with van der Waals surface area (Å²) in [7, 11) is 0. The lowest BCUT2D eigenvalue weighted by Crippen LogP contribution is -2.26. The second kappa shape index (κ2) is 6.62. The molecule has 0 radical (unpaired) electrons. The van der Waals surface area contributed by atoms with Crippen molar-refractivity contribution in [3.05, 3.63) is 5.56 Å². The van der Waals surface area contributed by atoms with Gasteiger partial charge in [0.15, 0.2) is 5.82 Å². The number of hydrogen-bond acceptors (Lipinski definition) is 6. The monoisotopic (exact) mass is 310 g/mol. The molecular formula is C14H22N4O2S. The molecule has 4 N–H and O–H groups in total. The third-order valence-corrected chi connectivity index (χ3v) is 4.48. The van der Waals surface area contributed by atoms with E-state index in [0.29, 0.717) is 17.4 Å². The summed E-state index contributed by atoms with van der Waals surface area (Å²) < 4.78 is 9.66. The zero-order valence-corrected chi connectivity index (χ0v) is 12.9. The van der Waals surface area contributed by atoms with Crippen molar-refractivity contribution in [2.24, 2.45) is 5.92 Å². The summed E-state index contributed by atoms with van der Waals surface area (Å²) in [5.41, 5.74) is 6.30. The zero-order valence-electron chi connectivity index (χ0n) is 12.1. The van der Waals surface area contributed by atoms with Gasteiger partial charge in [-0.05, 0) is 49.6 Å². The van der Waals surface area contributed by atoms with Gasteiger partial charge in [-0.3, -0.25) is 4.79 Å². The smallest absolute Gasteiger partial charge is 0.258 e. The largest absolute Gasteiger partial charge is 0.382 e. The van der Waals surface area contributed by atoms with E-state index in [1.54, 1.807) is 0 Å². The van der Waals surface area contributed by atoms with Gasteiger partial charge in [-0.25, -0.2) is 0 Å². The molecule has 0 bridgehead atoms. The molecule has 0 spiro atoms. The summed E-state index contributed by atoms with van der Waals surface area (Å²) in [6.45, 7) is 2.40. The van der Waals surface area contributed by atoms with Crippen molar-refractivity contribution in [3.63, 3.8) is 0 Å². The Labute approximate surface area is 128 Å². The number of hydrogen-bond donors (Lipinski definition) is 3. The summed E-state index contributed by atoms with van der Waals surface area (Å²) in [5.74, 6) is 0.999. The number of carbonyl (C=O) groups is 1.